The molecule has 0 radical (unpaired) electrons. The zero-order valence-electron chi connectivity index (χ0n) is 18.1. The summed E-state index contributed by atoms with van der Waals surface area (Å²) >= 11 is 0. The Morgan fingerprint density at radius 1 is 1.03 bits per heavy atom. The number of Topliss-reactive ketones (excluding diaryl/α,β-unsaturated/α-hetero) is 1. The molecule has 0 aliphatic carbocycles. The Kier molecular flexibility index (Phi) is 6.93. The van der Waals surface area contributed by atoms with Crippen LogP contribution in [0.25, 0.3) is 0 Å². The molecule has 0 spiro atoms. The molecule has 0 aromatic heterocycles. The van der Waals surface area contributed by atoms with Gasteiger partial charge in [-0.3, -0.25) is 4.79 Å². The van der Waals surface area contributed by atoms with Gasteiger partial charge in [-0.2, -0.15) is 4.31 Å². The number of morpholine rings is 1. The van der Waals surface area contributed by atoms with Gasteiger partial charge in [0.1, 0.15) is 0 Å². The molecule has 8 heteroatoms. The lowest BCUT2D eigenvalue weighted by Crippen LogP contribution is -2.48. The third-order valence-corrected chi connectivity index (χ3v) is 6.91. The Morgan fingerprint density at radius 3 is 2.26 bits per heavy atom. The number of ketones is 1. The summed E-state index contributed by atoms with van der Waals surface area (Å²) in [6, 6.07) is 12.7. The number of aryl methyl sites for hydroxylation is 1. The zero-order chi connectivity index (χ0) is 22.8. The van der Waals surface area contributed by atoms with E-state index in [-0.39, 0.29) is 41.5 Å². The first-order chi connectivity index (χ1) is 14.6. The van der Waals surface area contributed by atoms with Gasteiger partial charge in [0.05, 0.1) is 22.7 Å². The minimum Gasteiger partial charge on any atom is -0.451 e. The van der Waals surface area contributed by atoms with Crippen molar-refractivity contribution < 1.29 is 27.5 Å². The maximum atomic E-state index is 13.1. The van der Waals surface area contributed by atoms with Crippen molar-refractivity contribution in [2.75, 3.05) is 13.1 Å². The van der Waals surface area contributed by atoms with Gasteiger partial charge in [0.25, 0.3) is 0 Å². The number of sulfonamides is 1. The van der Waals surface area contributed by atoms with Gasteiger partial charge in [-0.15, -0.1) is 0 Å². The molecule has 0 bridgehead atoms. The fourth-order valence-electron chi connectivity index (χ4n) is 3.49. The molecular formula is C23H27NO6S. The van der Waals surface area contributed by atoms with E-state index in [1.54, 1.807) is 12.1 Å². The molecule has 2 aromatic carbocycles. The monoisotopic (exact) mass is 445 g/mol. The number of nitrogens with zero attached hydrogens (tertiary/aromatic N) is 1. The Hall–Kier alpha value is -2.55. The molecule has 0 amide bonds. The Balaban J connectivity index is 1.75. The lowest BCUT2D eigenvalue weighted by molar-refractivity contribution is -0.0440. The lowest BCUT2D eigenvalue weighted by Gasteiger charge is -2.34. The van der Waals surface area contributed by atoms with Gasteiger partial charge >= 0.3 is 5.97 Å². The number of hydrogen-bond donors (Lipinski definition) is 0. The fraction of sp³-hybridized carbons (Fsp3) is 0.391. The molecule has 166 valence electrons. The largest absolute Gasteiger partial charge is 0.451 e. The minimum atomic E-state index is -3.80. The van der Waals surface area contributed by atoms with Crippen LogP contribution >= 0.6 is 0 Å². The van der Waals surface area contributed by atoms with E-state index in [0.29, 0.717) is 5.56 Å². The third-order valence-electron chi connectivity index (χ3n) is 5.08. The van der Waals surface area contributed by atoms with Crippen LogP contribution in [0.3, 0.4) is 0 Å². The molecule has 3 unspecified atom stereocenters. The Labute approximate surface area is 183 Å². The normalized spacial score (nSPS) is 20.8. The topological polar surface area (TPSA) is 90.0 Å². The minimum absolute atomic E-state index is 0.000708. The van der Waals surface area contributed by atoms with Crippen LogP contribution in [0.2, 0.25) is 0 Å². The highest BCUT2D eigenvalue weighted by molar-refractivity contribution is 7.89. The first kappa shape index (κ1) is 23.1. The zero-order valence-corrected chi connectivity index (χ0v) is 18.9. The number of esters is 1. The van der Waals surface area contributed by atoms with E-state index in [4.69, 9.17) is 9.47 Å². The average Bonchev–Trinajstić information content (AvgIpc) is 2.73. The quantitative estimate of drug-likeness (QED) is 0.501. The average molecular weight is 446 g/mol. The number of ether oxygens (including phenoxy) is 2. The molecule has 31 heavy (non-hydrogen) atoms. The van der Waals surface area contributed by atoms with E-state index >= 15 is 0 Å². The van der Waals surface area contributed by atoms with Gasteiger partial charge in [0.2, 0.25) is 15.8 Å². The lowest BCUT2D eigenvalue weighted by atomic mass is 10.1. The smallest absolute Gasteiger partial charge is 0.338 e. The number of rotatable bonds is 6. The van der Waals surface area contributed by atoms with Crippen LogP contribution in [0.1, 0.15) is 47.1 Å². The van der Waals surface area contributed by atoms with E-state index in [1.165, 1.54) is 35.5 Å². The molecule has 1 heterocycles. The summed E-state index contributed by atoms with van der Waals surface area (Å²) in [7, 11) is -3.80. The summed E-state index contributed by atoms with van der Waals surface area (Å²) in [6.45, 7) is 7.53. The van der Waals surface area contributed by atoms with Crippen LogP contribution < -0.4 is 0 Å². The number of carbonyl (C=O) groups is 2. The Morgan fingerprint density at radius 2 is 1.65 bits per heavy atom. The van der Waals surface area contributed by atoms with Gasteiger partial charge in [0, 0.05) is 18.7 Å². The van der Waals surface area contributed by atoms with E-state index in [2.05, 4.69) is 0 Å². The molecule has 7 nitrogen and oxygen atoms in total. The van der Waals surface area contributed by atoms with Crippen molar-refractivity contribution in [3.8, 4) is 0 Å². The molecule has 3 rings (SSSR count). The fourth-order valence-corrected chi connectivity index (χ4v) is 5.13. The maximum Gasteiger partial charge on any atom is 0.338 e. The summed E-state index contributed by atoms with van der Waals surface area (Å²) in [6.07, 6.45) is -1.45. The van der Waals surface area contributed by atoms with Crippen LogP contribution in [0, 0.1) is 6.92 Å². The van der Waals surface area contributed by atoms with Gasteiger partial charge in [0.15, 0.2) is 6.10 Å². The summed E-state index contributed by atoms with van der Waals surface area (Å²) in [5.74, 6) is -1.08. The van der Waals surface area contributed by atoms with Crippen LogP contribution in [-0.4, -0.2) is 55.9 Å². The highest BCUT2D eigenvalue weighted by atomic mass is 32.2. The molecule has 1 fully saturated rings. The van der Waals surface area contributed by atoms with Crippen molar-refractivity contribution in [2.45, 2.75) is 50.9 Å². The first-order valence-electron chi connectivity index (χ1n) is 10.2. The molecule has 1 saturated heterocycles. The van der Waals surface area contributed by atoms with Crippen molar-refractivity contribution >= 4 is 21.8 Å². The van der Waals surface area contributed by atoms with Gasteiger partial charge in [-0.05, 0) is 45.9 Å². The number of carbonyl (C=O) groups excluding carboxylic acids is 2. The van der Waals surface area contributed by atoms with Crippen molar-refractivity contribution in [3.05, 3.63) is 65.2 Å². The third kappa shape index (κ3) is 5.39. The SMILES string of the molecule is Cc1ccc(C(=O)C(C)OC(=O)c2cccc(S(=O)(=O)N3CC(C)OC(C)C3)c2)cc1. The summed E-state index contributed by atoms with van der Waals surface area (Å²) < 4.78 is 38.4. The first-order valence-corrected chi connectivity index (χ1v) is 11.6. The number of hydrogen-bond acceptors (Lipinski definition) is 6. The Bertz CT molecular complexity index is 1050. The highest BCUT2D eigenvalue weighted by Crippen LogP contribution is 2.22. The molecular weight excluding hydrogens is 418 g/mol. The van der Waals surface area contributed by atoms with Crippen LogP contribution in [0.15, 0.2) is 53.4 Å². The van der Waals surface area contributed by atoms with Gasteiger partial charge < -0.3 is 9.47 Å². The van der Waals surface area contributed by atoms with Crippen LogP contribution in [0.4, 0.5) is 0 Å². The summed E-state index contributed by atoms with van der Waals surface area (Å²) in [5, 5.41) is 0. The number of benzene rings is 2. The van der Waals surface area contributed by atoms with Gasteiger partial charge in [-0.1, -0.05) is 35.9 Å². The van der Waals surface area contributed by atoms with Crippen molar-refractivity contribution in [1.82, 2.24) is 4.31 Å². The van der Waals surface area contributed by atoms with Crippen LogP contribution in [0.5, 0.6) is 0 Å². The van der Waals surface area contributed by atoms with Crippen molar-refractivity contribution in [3.63, 3.8) is 0 Å². The molecule has 0 N–H and O–H groups in total. The molecule has 1 aliphatic heterocycles. The molecule has 3 atom stereocenters. The molecule has 1 aliphatic rings. The summed E-state index contributed by atoms with van der Waals surface area (Å²) in [5.41, 5.74) is 1.53. The van der Waals surface area contributed by atoms with Crippen LogP contribution in [-0.2, 0) is 19.5 Å². The second-order valence-corrected chi connectivity index (χ2v) is 9.82. The molecule has 0 saturated carbocycles. The predicted molar refractivity (Wildman–Crippen MR) is 116 cm³/mol. The van der Waals surface area contributed by atoms with Crippen molar-refractivity contribution in [1.29, 1.82) is 0 Å². The van der Waals surface area contributed by atoms with Crippen molar-refractivity contribution in [2.24, 2.45) is 0 Å². The summed E-state index contributed by atoms with van der Waals surface area (Å²) in [4.78, 5) is 25.1. The van der Waals surface area contributed by atoms with E-state index in [9.17, 15) is 18.0 Å². The standard InChI is InChI=1S/C23H27NO6S/c1-15-8-10-19(11-9-15)22(25)18(4)30-23(26)20-6-5-7-21(12-20)31(27,28)24-13-16(2)29-17(3)14-24/h5-12,16-18H,13-14H2,1-4H3. The van der Waals surface area contributed by atoms with E-state index in [1.807, 2.05) is 32.9 Å². The second-order valence-electron chi connectivity index (χ2n) is 7.88. The predicted octanol–water partition coefficient (Wildman–Crippen LogP) is 3.22. The van der Waals surface area contributed by atoms with E-state index in [0.717, 1.165) is 5.56 Å². The van der Waals surface area contributed by atoms with E-state index < -0.39 is 22.1 Å². The highest BCUT2D eigenvalue weighted by Gasteiger charge is 2.32. The van der Waals surface area contributed by atoms with Gasteiger partial charge in [-0.25, -0.2) is 13.2 Å². The molecule has 2 aromatic rings. The second kappa shape index (κ2) is 9.30. The maximum absolute atomic E-state index is 13.1.